The molecular formula is C49H31NS. The highest BCUT2D eigenvalue weighted by molar-refractivity contribution is 7.25. The topological polar surface area (TPSA) is 4.93 Å². The lowest BCUT2D eigenvalue weighted by molar-refractivity contribution is 1.19. The summed E-state index contributed by atoms with van der Waals surface area (Å²) < 4.78 is 5.16. The third-order valence-electron chi connectivity index (χ3n) is 10.8. The highest BCUT2D eigenvalue weighted by Gasteiger charge is 2.19. The van der Waals surface area contributed by atoms with Gasteiger partial charge in [0.05, 0.1) is 11.0 Å². The Hall–Kier alpha value is -6.22. The van der Waals surface area contributed by atoms with Gasteiger partial charge in [-0.3, -0.25) is 0 Å². The lowest BCUT2D eigenvalue weighted by Crippen LogP contribution is -1.96. The first kappa shape index (κ1) is 28.6. The van der Waals surface area contributed by atoms with Crippen molar-refractivity contribution in [3.8, 4) is 16.8 Å². The van der Waals surface area contributed by atoms with Crippen molar-refractivity contribution in [2.24, 2.45) is 0 Å². The summed E-state index contributed by atoms with van der Waals surface area (Å²) in [4.78, 5) is 0. The molecule has 0 radical (unpaired) electrons. The number of fused-ring (bicyclic) bond motifs is 10. The summed E-state index contributed by atoms with van der Waals surface area (Å²) >= 11 is 1.88. The smallest absolute Gasteiger partial charge is 0.0619 e. The lowest BCUT2D eigenvalue weighted by Gasteiger charge is -2.15. The summed E-state index contributed by atoms with van der Waals surface area (Å²) in [6.45, 7) is 0. The van der Waals surface area contributed by atoms with Crippen molar-refractivity contribution in [2.45, 2.75) is 6.42 Å². The second kappa shape index (κ2) is 11.1. The van der Waals surface area contributed by atoms with Crippen LogP contribution < -0.4 is 0 Å². The van der Waals surface area contributed by atoms with E-state index in [0.717, 1.165) is 6.42 Å². The van der Waals surface area contributed by atoms with Crippen molar-refractivity contribution in [1.29, 1.82) is 0 Å². The summed E-state index contributed by atoms with van der Waals surface area (Å²) in [6, 6.07) is 58.5. The van der Waals surface area contributed by atoms with Gasteiger partial charge in [-0.2, -0.15) is 0 Å². The zero-order chi connectivity index (χ0) is 33.5. The Morgan fingerprint density at radius 3 is 2.16 bits per heavy atom. The minimum Gasteiger partial charge on any atom is -0.309 e. The van der Waals surface area contributed by atoms with E-state index >= 15 is 0 Å². The molecule has 1 nitrogen and oxygen atoms in total. The van der Waals surface area contributed by atoms with Gasteiger partial charge in [-0.1, -0.05) is 127 Å². The molecule has 0 spiro atoms. The Morgan fingerprint density at radius 1 is 0.490 bits per heavy atom. The molecule has 1 aliphatic carbocycles. The van der Waals surface area contributed by atoms with Crippen LogP contribution in [0.1, 0.15) is 16.7 Å². The van der Waals surface area contributed by atoms with Crippen LogP contribution in [-0.4, -0.2) is 4.57 Å². The molecule has 0 N–H and O–H groups in total. The molecule has 0 fully saturated rings. The third kappa shape index (κ3) is 4.47. The quantitative estimate of drug-likeness (QED) is 0.177. The minimum absolute atomic E-state index is 0.898. The van der Waals surface area contributed by atoms with Crippen LogP contribution >= 0.6 is 11.3 Å². The molecule has 2 heteroatoms. The van der Waals surface area contributed by atoms with Gasteiger partial charge >= 0.3 is 0 Å². The molecule has 0 bridgehead atoms. The molecule has 1 aliphatic rings. The molecule has 0 unspecified atom stereocenters. The van der Waals surface area contributed by atoms with E-state index in [1.54, 1.807) is 0 Å². The van der Waals surface area contributed by atoms with E-state index in [-0.39, 0.29) is 0 Å². The van der Waals surface area contributed by atoms with Gasteiger partial charge in [0.1, 0.15) is 0 Å². The van der Waals surface area contributed by atoms with E-state index in [0.29, 0.717) is 0 Å². The summed E-state index contributed by atoms with van der Waals surface area (Å²) in [5.74, 6) is 0. The number of nitrogens with zero attached hydrogens (tertiary/aromatic N) is 1. The van der Waals surface area contributed by atoms with Crippen LogP contribution in [0.25, 0.3) is 92.0 Å². The zero-order valence-electron chi connectivity index (χ0n) is 27.8. The van der Waals surface area contributed by atoms with Crippen LogP contribution in [0, 0.1) is 0 Å². The number of benzene rings is 8. The molecule has 10 aromatic rings. The van der Waals surface area contributed by atoms with Gasteiger partial charge < -0.3 is 4.57 Å². The van der Waals surface area contributed by atoms with Gasteiger partial charge in [-0.05, 0) is 105 Å². The molecule has 2 heterocycles. The first-order valence-electron chi connectivity index (χ1n) is 17.6. The molecule has 51 heavy (non-hydrogen) atoms. The van der Waals surface area contributed by atoms with Gasteiger partial charge in [0, 0.05) is 42.0 Å². The SMILES string of the molecule is C1=Cc2cc(-c3cc4c5ccccc5n(-c5ccc6ccccc6c5)c4c4ccccc34)ccc2CC(c2ccc3sc4ccccc4c3c2)=C1. The summed E-state index contributed by atoms with van der Waals surface area (Å²) in [7, 11) is 0. The van der Waals surface area contributed by atoms with Gasteiger partial charge in [-0.25, -0.2) is 0 Å². The largest absolute Gasteiger partial charge is 0.309 e. The Labute approximate surface area is 299 Å². The van der Waals surface area contributed by atoms with Crippen molar-refractivity contribution in [2.75, 3.05) is 0 Å². The van der Waals surface area contributed by atoms with E-state index in [9.17, 15) is 0 Å². The predicted octanol–water partition coefficient (Wildman–Crippen LogP) is 13.8. The van der Waals surface area contributed by atoms with Crippen molar-refractivity contribution in [1.82, 2.24) is 4.57 Å². The monoisotopic (exact) mass is 665 g/mol. The number of hydrogen-bond acceptors (Lipinski definition) is 1. The number of aromatic nitrogens is 1. The second-order valence-electron chi connectivity index (χ2n) is 13.7. The van der Waals surface area contributed by atoms with E-state index in [2.05, 4.69) is 181 Å². The third-order valence-corrected chi connectivity index (χ3v) is 12.0. The second-order valence-corrected chi connectivity index (χ2v) is 14.8. The van der Waals surface area contributed by atoms with Crippen molar-refractivity contribution in [3.63, 3.8) is 0 Å². The number of para-hydroxylation sites is 1. The number of hydrogen-bond donors (Lipinski definition) is 0. The molecule has 0 aliphatic heterocycles. The molecule has 0 saturated carbocycles. The molecular weight excluding hydrogens is 635 g/mol. The number of thiophene rings is 1. The van der Waals surface area contributed by atoms with E-state index < -0.39 is 0 Å². The molecule has 11 rings (SSSR count). The molecule has 0 saturated heterocycles. The van der Waals surface area contributed by atoms with Crippen LogP contribution in [0.3, 0.4) is 0 Å². The maximum absolute atomic E-state index is 2.46. The zero-order valence-corrected chi connectivity index (χ0v) is 28.6. The minimum atomic E-state index is 0.898. The van der Waals surface area contributed by atoms with Crippen LogP contribution in [0.4, 0.5) is 0 Å². The van der Waals surface area contributed by atoms with Gasteiger partial charge in [-0.15, -0.1) is 11.3 Å². The lowest BCUT2D eigenvalue weighted by atomic mass is 9.91. The van der Waals surface area contributed by atoms with Crippen LogP contribution in [-0.2, 0) is 6.42 Å². The molecule has 2 aromatic heterocycles. The first-order chi connectivity index (χ1) is 25.3. The van der Waals surface area contributed by atoms with Crippen molar-refractivity contribution < 1.29 is 0 Å². The Morgan fingerprint density at radius 2 is 1.24 bits per heavy atom. The average molecular weight is 666 g/mol. The highest BCUT2D eigenvalue weighted by atomic mass is 32.1. The standard InChI is InChI=1S/C49H31NS/c1-2-11-34-28-38(24-22-31(34)10-1)50-46-18-7-5-15-40(46)45-30-43(39-14-3-4-17-42(39)49(45)50)37-21-20-35-26-32(12-9-13-33(35)27-37)36-23-25-48-44(29-36)41-16-6-8-19-47(41)51-48/h1-25,27-30H,26H2. The van der Waals surface area contributed by atoms with Gasteiger partial charge in [0.2, 0.25) is 0 Å². The maximum Gasteiger partial charge on any atom is 0.0619 e. The van der Waals surface area contributed by atoms with Crippen molar-refractivity contribution in [3.05, 3.63) is 187 Å². The van der Waals surface area contributed by atoms with Gasteiger partial charge in [0.25, 0.3) is 0 Å². The Balaban J connectivity index is 1.05. The number of allylic oxidation sites excluding steroid dienone is 3. The first-order valence-corrected chi connectivity index (χ1v) is 18.4. The number of rotatable bonds is 3. The van der Waals surface area contributed by atoms with E-state index in [1.807, 2.05) is 11.3 Å². The summed E-state index contributed by atoms with van der Waals surface area (Å²) in [5.41, 5.74) is 11.5. The van der Waals surface area contributed by atoms with Crippen LogP contribution in [0.5, 0.6) is 0 Å². The molecule has 238 valence electrons. The van der Waals surface area contributed by atoms with Crippen LogP contribution in [0.2, 0.25) is 0 Å². The summed E-state index contributed by atoms with van der Waals surface area (Å²) in [6.07, 6.45) is 7.73. The predicted molar refractivity (Wildman–Crippen MR) is 221 cm³/mol. The van der Waals surface area contributed by atoms with Crippen molar-refractivity contribution >= 4 is 86.5 Å². The molecule has 8 aromatic carbocycles. The van der Waals surface area contributed by atoms with E-state index in [1.165, 1.54) is 103 Å². The summed E-state index contributed by atoms with van der Waals surface area (Å²) in [5, 5.41) is 10.3. The highest BCUT2D eigenvalue weighted by Crippen LogP contribution is 2.43. The van der Waals surface area contributed by atoms with Crippen LogP contribution in [0.15, 0.2) is 170 Å². The molecule has 0 amide bonds. The fraction of sp³-hybridized carbons (Fsp3) is 0.0204. The Kier molecular flexibility index (Phi) is 6.25. The van der Waals surface area contributed by atoms with E-state index in [4.69, 9.17) is 0 Å². The van der Waals surface area contributed by atoms with Gasteiger partial charge in [0.15, 0.2) is 0 Å². The fourth-order valence-corrected chi connectivity index (χ4v) is 9.47. The average Bonchev–Trinajstić information content (AvgIpc) is 3.64. The fourth-order valence-electron chi connectivity index (χ4n) is 8.38. The molecule has 0 atom stereocenters. The maximum atomic E-state index is 2.46. The normalized spacial score (nSPS) is 13.1. The Bertz CT molecular complexity index is 3110.